The second kappa shape index (κ2) is 21.3. The number of aromatic nitrogens is 3. The molecule has 7 heteroatoms. The molecule has 14 aromatic carbocycles. The van der Waals surface area contributed by atoms with E-state index in [0.29, 0.717) is 62.0 Å². The second-order valence-electron chi connectivity index (χ2n) is 25.6. The van der Waals surface area contributed by atoms with E-state index in [1.165, 1.54) is 9.13 Å². The van der Waals surface area contributed by atoms with Crippen molar-refractivity contribution in [2.24, 2.45) is 0 Å². The van der Waals surface area contributed by atoms with Gasteiger partial charge in [0.15, 0.2) is 0 Å². The Kier molecular flexibility index (Phi) is 9.18. The average Bonchev–Trinajstić information content (AvgIpc) is 1.64. The summed E-state index contributed by atoms with van der Waals surface area (Å²) in [5.74, 6) is 0. The molecule has 0 bridgehead atoms. The quantitative estimate of drug-likeness (QED) is 0.142. The third kappa shape index (κ3) is 8.38. The number of nitrogens with zero attached hydrogens (tertiary/aromatic N) is 6. The van der Waals surface area contributed by atoms with Gasteiger partial charge in [0.2, 0.25) is 0 Å². The van der Waals surface area contributed by atoms with E-state index in [2.05, 4.69) is 126 Å². The van der Waals surface area contributed by atoms with Crippen LogP contribution in [0, 0.1) is 11.3 Å². The Labute approximate surface area is 579 Å². The first-order valence-electron chi connectivity index (χ1n) is 39.8. The summed E-state index contributed by atoms with van der Waals surface area (Å²) in [6.45, 7) is 5.64. The Hall–Kier alpha value is -12.4. The van der Waals surface area contributed by atoms with Gasteiger partial charge in [-0.05, 0) is 164 Å². The van der Waals surface area contributed by atoms with Crippen LogP contribution in [-0.2, 0) is 5.41 Å². The van der Waals surface area contributed by atoms with Crippen molar-refractivity contribution in [2.75, 3.05) is 9.80 Å². The van der Waals surface area contributed by atoms with E-state index < -0.39 is 109 Å². The molecule has 2 aliphatic rings. The van der Waals surface area contributed by atoms with Gasteiger partial charge in [-0.25, -0.2) is 0 Å². The zero-order valence-electron chi connectivity index (χ0n) is 68.0. The molecule has 5 heterocycles. The SMILES string of the molecule is [2H]c1c([2H])c([2H])c2c(c1[2H])c1c([2H])c([2H])c([2H])c([2H])c1n2-c1ccc2c(c1)N(c1ccc(C#N)c(-n3c4ccccc4c4ccccc43)c1)c1cc(C(C)(C)C)cc3c1B2c1ccc(-n2c4c([2H])c([2H])c([2H])c([2H])c4c4c([2H])c([2H])c([2H])c([2H])c42)cc1N3c1ccc(-c2cccc(-c3ccccc3)c2)cc1-c1ccccc1. The highest BCUT2D eigenvalue weighted by molar-refractivity contribution is 7.00. The molecule has 0 saturated heterocycles. The molecule has 0 radical (unpaired) electrons. The molecule has 0 aliphatic carbocycles. The van der Waals surface area contributed by atoms with Gasteiger partial charge in [-0.3, -0.25) is 0 Å². The molecule has 450 valence electrons. The summed E-state index contributed by atoms with van der Waals surface area (Å²) in [5, 5.41) is 13.0. The van der Waals surface area contributed by atoms with E-state index in [-0.39, 0.29) is 49.3 Å². The van der Waals surface area contributed by atoms with E-state index >= 15 is 0 Å². The Morgan fingerprint density at radius 1 is 0.333 bits per heavy atom. The van der Waals surface area contributed by atoms with Crippen LogP contribution in [0.25, 0.3) is 116 Å². The molecule has 0 saturated carbocycles. The monoisotopic (exact) mass is 1240 g/mol. The minimum Gasteiger partial charge on any atom is -0.311 e. The van der Waals surface area contributed by atoms with Gasteiger partial charge in [-0.1, -0.05) is 227 Å². The molecule has 0 unspecified atom stereocenters. The predicted molar refractivity (Wildman–Crippen MR) is 403 cm³/mol. The average molecular weight is 1240 g/mol. The van der Waals surface area contributed by atoms with Gasteiger partial charge in [0.05, 0.1) is 72.0 Å². The minimum atomic E-state index is -0.754. The van der Waals surface area contributed by atoms with Crippen LogP contribution in [0.5, 0.6) is 0 Å². The van der Waals surface area contributed by atoms with Crippen LogP contribution in [0.4, 0.5) is 34.1 Å². The lowest BCUT2D eigenvalue weighted by molar-refractivity contribution is 0.590. The van der Waals surface area contributed by atoms with E-state index in [0.717, 1.165) is 66.2 Å². The molecule has 0 spiro atoms. The van der Waals surface area contributed by atoms with Crippen LogP contribution in [0.2, 0.25) is 0 Å². The summed E-state index contributed by atoms with van der Waals surface area (Å²) in [7, 11) is 0. The highest BCUT2D eigenvalue weighted by Crippen LogP contribution is 2.51. The summed E-state index contributed by atoms with van der Waals surface area (Å²) in [5.41, 5.74) is 14.8. The molecule has 0 amide bonds. The molecule has 0 N–H and O–H groups in total. The Morgan fingerprint density at radius 3 is 1.32 bits per heavy atom. The van der Waals surface area contributed by atoms with E-state index in [1.807, 2.05) is 127 Å². The Balaban J connectivity index is 0.969. The zero-order chi connectivity index (χ0) is 77.8. The number of nitriles is 1. The maximum Gasteiger partial charge on any atom is 0.252 e. The van der Waals surface area contributed by atoms with Crippen molar-refractivity contribution in [3.8, 4) is 56.5 Å². The van der Waals surface area contributed by atoms with Crippen LogP contribution in [0.15, 0.2) is 315 Å². The summed E-state index contributed by atoms with van der Waals surface area (Å²) in [6.07, 6.45) is 0. The van der Waals surface area contributed by atoms with Crippen LogP contribution < -0.4 is 26.2 Å². The van der Waals surface area contributed by atoms with Gasteiger partial charge in [0, 0.05) is 77.7 Å². The number of hydrogen-bond acceptors (Lipinski definition) is 3. The molecule has 96 heavy (non-hydrogen) atoms. The van der Waals surface area contributed by atoms with Crippen molar-refractivity contribution in [3.05, 3.63) is 326 Å². The van der Waals surface area contributed by atoms with Gasteiger partial charge < -0.3 is 23.5 Å². The molecular formula is C89H61BN6. The number of rotatable bonds is 8. The van der Waals surface area contributed by atoms with Gasteiger partial charge in [0.25, 0.3) is 6.71 Å². The maximum absolute atomic E-state index is 11.4. The lowest BCUT2D eigenvalue weighted by atomic mass is 9.33. The van der Waals surface area contributed by atoms with Crippen LogP contribution >= 0.6 is 0 Å². The number of anilines is 6. The lowest BCUT2D eigenvalue weighted by Gasteiger charge is -2.45. The van der Waals surface area contributed by atoms with Crippen molar-refractivity contribution in [1.82, 2.24) is 13.7 Å². The van der Waals surface area contributed by atoms with Crippen LogP contribution in [0.3, 0.4) is 0 Å². The molecule has 0 atom stereocenters. The first-order valence-corrected chi connectivity index (χ1v) is 31.8. The first kappa shape index (κ1) is 41.3. The van der Waals surface area contributed by atoms with E-state index in [9.17, 15) is 19.0 Å². The fourth-order valence-electron chi connectivity index (χ4n) is 15.0. The molecule has 6 nitrogen and oxygen atoms in total. The summed E-state index contributed by atoms with van der Waals surface area (Å²) < 4.78 is 155. The topological polar surface area (TPSA) is 45.1 Å². The summed E-state index contributed by atoms with van der Waals surface area (Å²) in [4.78, 5) is 4.38. The van der Waals surface area contributed by atoms with Crippen LogP contribution in [0.1, 0.15) is 53.8 Å². The van der Waals surface area contributed by atoms with Crippen molar-refractivity contribution < 1.29 is 21.9 Å². The summed E-state index contributed by atoms with van der Waals surface area (Å²) >= 11 is 0. The van der Waals surface area contributed by atoms with Crippen LogP contribution in [-0.4, -0.2) is 20.4 Å². The van der Waals surface area contributed by atoms with Gasteiger partial charge in [0.1, 0.15) is 6.07 Å². The Bertz CT molecular complexity index is 6910. The first-order chi connectivity index (χ1) is 53.9. The summed E-state index contributed by atoms with van der Waals surface area (Å²) in [6, 6.07) is 66.8. The van der Waals surface area contributed by atoms with Gasteiger partial charge >= 0.3 is 0 Å². The zero-order valence-corrected chi connectivity index (χ0v) is 52.0. The van der Waals surface area contributed by atoms with Crippen molar-refractivity contribution in [3.63, 3.8) is 0 Å². The van der Waals surface area contributed by atoms with E-state index in [4.69, 9.17) is 8.22 Å². The van der Waals surface area contributed by atoms with E-state index in [1.54, 1.807) is 6.07 Å². The fraction of sp³-hybridized carbons (Fsp3) is 0.0449. The highest BCUT2D eigenvalue weighted by Gasteiger charge is 2.45. The third-order valence-corrected chi connectivity index (χ3v) is 19.3. The second-order valence-corrected chi connectivity index (χ2v) is 25.6. The van der Waals surface area contributed by atoms with Gasteiger partial charge in [-0.2, -0.15) is 5.26 Å². The standard InChI is InChI=1S/C89H61BN6/c1-89(2,3)63-51-86-88-87(52-63)96(82-48-42-61(50-73(82)58-25-8-5-9-26-58)60-28-22-27-59(49-60)57-23-6-4-7-24-57)85-55-66(93-78-37-18-12-31-69(78)70-32-13-19-38-79(70)93)45-47-75(85)90(88)74-46-44-65(92-76-35-16-10-29-67(76)68-30-11-17-36-77(68)92)54-84(74)94(86)64-43-41-62(56-91)83(53-64)95-80-39-20-14-33-71(80)72-34-15-21-40-81(72)95/h4-55H,1-3H3/i10D,11D,12D,13D,16D,17D,18D,19D,29D,30D,31D,32D,35D,36D,37D,38D. The van der Waals surface area contributed by atoms with Crippen molar-refractivity contribution in [2.45, 2.75) is 26.2 Å². The minimum absolute atomic E-state index is 0.0614. The smallest absolute Gasteiger partial charge is 0.252 e. The number of fused-ring (bicyclic) bond motifs is 13. The van der Waals surface area contributed by atoms with Gasteiger partial charge in [-0.15, -0.1) is 0 Å². The normalized spacial score (nSPS) is 15.0. The molecule has 17 aromatic rings. The maximum atomic E-state index is 11.4. The Morgan fingerprint density at radius 2 is 0.781 bits per heavy atom. The number of benzene rings is 14. The lowest BCUT2D eigenvalue weighted by Crippen LogP contribution is -2.61. The third-order valence-electron chi connectivity index (χ3n) is 19.3. The molecule has 2 aliphatic heterocycles. The largest absolute Gasteiger partial charge is 0.311 e. The molecule has 3 aromatic heterocycles. The molecular weight excluding hydrogens is 1160 g/mol. The molecule has 19 rings (SSSR count). The van der Waals surface area contributed by atoms with Crippen molar-refractivity contribution in [1.29, 1.82) is 5.26 Å². The molecule has 0 fully saturated rings. The van der Waals surface area contributed by atoms with Crippen molar-refractivity contribution >= 4 is 123 Å². The number of hydrogen-bond donors (Lipinski definition) is 0. The fourth-order valence-corrected chi connectivity index (χ4v) is 15.0. The highest BCUT2D eigenvalue weighted by atomic mass is 15.2. The predicted octanol–water partition coefficient (Wildman–Crippen LogP) is 21.2. The number of para-hydroxylation sites is 6.